The van der Waals surface area contributed by atoms with Crippen molar-refractivity contribution in [3.8, 4) is 16.9 Å². The van der Waals surface area contributed by atoms with E-state index in [-0.39, 0.29) is 11.7 Å². The fourth-order valence-electron chi connectivity index (χ4n) is 3.82. The third kappa shape index (κ3) is 4.63. The van der Waals surface area contributed by atoms with Crippen LogP contribution in [0.1, 0.15) is 20.9 Å². The van der Waals surface area contributed by atoms with E-state index < -0.39 is 5.91 Å². The Morgan fingerprint density at radius 1 is 0.686 bits per heavy atom. The molecule has 172 valence electrons. The predicted octanol–water partition coefficient (Wildman–Crippen LogP) is 6.61. The second kappa shape index (κ2) is 9.57. The highest BCUT2D eigenvalue weighted by molar-refractivity contribution is 6.16. The molecule has 0 fully saturated rings. The molecule has 1 aromatic heterocycles. The van der Waals surface area contributed by atoms with Crippen molar-refractivity contribution in [1.82, 2.24) is 0 Å². The number of ether oxygens (including phenoxy) is 1. The zero-order valence-corrected chi connectivity index (χ0v) is 18.9. The summed E-state index contributed by atoms with van der Waals surface area (Å²) in [6, 6.07) is 31.4. The molecular weight excluding hydrogens is 440 g/mol. The maximum Gasteiger partial charge on any atom is 0.293 e. The van der Waals surface area contributed by atoms with Crippen molar-refractivity contribution in [3.05, 3.63) is 114 Å². The van der Waals surface area contributed by atoms with E-state index in [0.717, 1.165) is 11.1 Å². The Labute approximate surface area is 202 Å². The van der Waals surface area contributed by atoms with Gasteiger partial charge in [-0.15, -0.1) is 0 Å². The number of fused-ring (bicyclic) bond motifs is 1. The molecule has 6 nitrogen and oxygen atoms in total. The molecule has 35 heavy (non-hydrogen) atoms. The van der Waals surface area contributed by atoms with Crippen LogP contribution in [-0.2, 0) is 0 Å². The maximum absolute atomic E-state index is 13.1. The smallest absolute Gasteiger partial charge is 0.293 e. The van der Waals surface area contributed by atoms with Crippen LogP contribution in [0.2, 0.25) is 0 Å². The first-order valence-electron chi connectivity index (χ1n) is 11.1. The van der Waals surface area contributed by atoms with E-state index in [1.165, 1.54) is 0 Å². The Kier molecular flexibility index (Phi) is 6.01. The van der Waals surface area contributed by atoms with Gasteiger partial charge in [-0.05, 0) is 59.7 Å². The lowest BCUT2D eigenvalue weighted by atomic mass is 10.0. The van der Waals surface area contributed by atoms with Crippen LogP contribution >= 0.6 is 0 Å². The van der Waals surface area contributed by atoms with Crippen LogP contribution in [0.5, 0.6) is 5.75 Å². The molecule has 0 aliphatic heterocycles. The molecular formula is C29H22N2O4. The summed E-state index contributed by atoms with van der Waals surface area (Å²) in [6.07, 6.45) is 0. The minimum atomic E-state index is -0.471. The van der Waals surface area contributed by atoms with Crippen LogP contribution in [0, 0.1) is 0 Å². The summed E-state index contributed by atoms with van der Waals surface area (Å²) in [6.45, 7) is 0. The second-order valence-corrected chi connectivity index (χ2v) is 7.88. The fourth-order valence-corrected chi connectivity index (χ4v) is 3.82. The Balaban J connectivity index is 1.41. The van der Waals surface area contributed by atoms with E-state index in [9.17, 15) is 9.59 Å². The largest absolute Gasteiger partial charge is 0.497 e. The Morgan fingerprint density at radius 3 is 2.06 bits per heavy atom. The highest BCUT2D eigenvalue weighted by Crippen LogP contribution is 2.32. The number of carbonyl (C=O) groups excluding carboxylic acids is 2. The predicted molar refractivity (Wildman–Crippen MR) is 137 cm³/mol. The van der Waals surface area contributed by atoms with Crippen molar-refractivity contribution in [2.75, 3.05) is 17.7 Å². The molecule has 0 radical (unpaired) electrons. The van der Waals surface area contributed by atoms with E-state index in [1.54, 1.807) is 55.6 Å². The van der Waals surface area contributed by atoms with Gasteiger partial charge in [0.25, 0.3) is 11.8 Å². The number of hydrogen-bond donors (Lipinski definition) is 2. The lowest BCUT2D eigenvalue weighted by Gasteiger charge is -2.09. The van der Waals surface area contributed by atoms with Crippen LogP contribution in [0.4, 0.5) is 11.4 Å². The van der Waals surface area contributed by atoms with Crippen molar-refractivity contribution in [3.63, 3.8) is 0 Å². The summed E-state index contributed by atoms with van der Waals surface area (Å²) >= 11 is 0. The third-order valence-electron chi connectivity index (χ3n) is 5.64. The van der Waals surface area contributed by atoms with Gasteiger partial charge in [-0.1, -0.05) is 54.6 Å². The minimum Gasteiger partial charge on any atom is -0.497 e. The summed E-state index contributed by atoms with van der Waals surface area (Å²) in [5.74, 6) is -0.106. The van der Waals surface area contributed by atoms with Gasteiger partial charge in [-0.2, -0.15) is 0 Å². The molecule has 0 saturated carbocycles. The molecule has 5 aromatic rings. The average Bonchev–Trinajstić information content (AvgIpc) is 3.28. The molecule has 2 amide bonds. The number of anilines is 2. The summed E-state index contributed by atoms with van der Waals surface area (Å²) in [5, 5.41) is 6.33. The number of para-hydroxylation sites is 1. The Bertz CT molecular complexity index is 1490. The lowest BCUT2D eigenvalue weighted by Crippen LogP contribution is -2.17. The standard InChI is InChI=1S/C29H22N2O4/c1-34-23-17-15-22(16-18-23)30-29(33)27-26(24-9-5-6-10-25(24)35-27)31-28(32)21-13-11-20(12-14-21)19-7-3-2-4-8-19/h2-18H,1H3,(H,30,33)(H,31,32). The maximum atomic E-state index is 13.1. The number of hydrogen-bond acceptors (Lipinski definition) is 4. The molecule has 0 atom stereocenters. The quantitative estimate of drug-likeness (QED) is 0.297. The summed E-state index contributed by atoms with van der Waals surface area (Å²) < 4.78 is 11.0. The molecule has 6 heteroatoms. The van der Waals surface area contributed by atoms with Crippen LogP contribution in [0.25, 0.3) is 22.1 Å². The van der Waals surface area contributed by atoms with Crippen LogP contribution in [0.15, 0.2) is 108 Å². The van der Waals surface area contributed by atoms with Gasteiger partial charge in [0, 0.05) is 16.6 Å². The first-order chi connectivity index (χ1) is 17.1. The molecule has 4 aromatic carbocycles. The van der Waals surface area contributed by atoms with E-state index in [4.69, 9.17) is 9.15 Å². The first-order valence-corrected chi connectivity index (χ1v) is 11.1. The van der Waals surface area contributed by atoms with E-state index in [1.807, 2.05) is 54.6 Å². The molecule has 1 heterocycles. The van der Waals surface area contributed by atoms with Gasteiger partial charge in [0.15, 0.2) is 0 Å². The highest BCUT2D eigenvalue weighted by atomic mass is 16.5. The van der Waals surface area contributed by atoms with Crippen molar-refractivity contribution in [2.45, 2.75) is 0 Å². The number of carbonyl (C=O) groups is 2. The zero-order chi connectivity index (χ0) is 24.2. The topological polar surface area (TPSA) is 80.6 Å². The van der Waals surface area contributed by atoms with Crippen molar-refractivity contribution < 1.29 is 18.7 Å². The molecule has 2 N–H and O–H groups in total. The van der Waals surface area contributed by atoms with Gasteiger partial charge in [-0.3, -0.25) is 9.59 Å². The number of benzene rings is 4. The fraction of sp³-hybridized carbons (Fsp3) is 0.0345. The van der Waals surface area contributed by atoms with Crippen molar-refractivity contribution in [2.24, 2.45) is 0 Å². The molecule has 0 bridgehead atoms. The normalized spacial score (nSPS) is 10.7. The van der Waals surface area contributed by atoms with Crippen LogP contribution in [0.3, 0.4) is 0 Å². The van der Waals surface area contributed by atoms with E-state index >= 15 is 0 Å². The molecule has 0 spiro atoms. The Morgan fingerprint density at radius 2 is 1.34 bits per heavy atom. The Hall–Kier alpha value is -4.84. The molecule has 0 unspecified atom stereocenters. The highest BCUT2D eigenvalue weighted by Gasteiger charge is 2.23. The SMILES string of the molecule is COc1ccc(NC(=O)c2oc3ccccc3c2NC(=O)c2ccc(-c3ccccc3)cc2)cc1. The number of nitrogens with one attached hydrogen (secondary N) is 2. The van der Waals surface area contributed by atoms with Gasteiger partial charge in [0.05, 0.1) is 7.11 Å². The molecule has 0 aliphatic carbocycles. The third-order valence-corrected chi connectivity index (χ3v) is 5.64. The van der Waals surface area contributed by atoms with Crippen molar-refractivity contribution >= 4 is 34.2 Å². The van der Waals surface area contributed by atoms with Gasteiger partial charge >= 0.3 is 0 Å². The minimum absolute atomic E-state index is 0.0243. The first kappa shape index (κ1) is 22.0. The van der Waals surface area contributed by atoms with Crippen molar-refractivity contribution in [1.29, 1.82) is 0 Å². The lowest BCUT2D eigenvalue weighted by molar-refractivity contribution is 0.0999. The molecule has 0 aliphatic rings. The molecule has 5 rings (SSSR count). The van der Waals surface area contributed by atoms with Gasteiger partial charge in [0.2, 0.25) is 5.76 Å². The monoisotopic (exact) mass is 462 g/mol. The number of methoxy groups -OCH3 is 1. The van der Waals surface area contributed by atoms with Crippen LogP contribution < -0.4 is 15.4 Å². The van der Waals surface area contributed by atoms with E-state index in [2.05, 4.69) is 10.6 Å². The summed E-state index contributed by atoms with van der Waals surface area (Å²) in [7, 11) is 1.58. The summed E-state index contributed by atoms with van der Waals surface area (Å²) in [4.78, 5) is 26.2. The van der Waals surface area contributed by atoms with Crippen LogP contribution in [-0.4, -0.2) is 18.9 Å². The van der Waals surface area contributed by atoms with Gasteiger partial charge in [-0.25, -0.2) is 0 Å². The number of rotatable bonds is 6. The second-order valence-electron chi connectivity index (χ2n) is 7.88. The van der Waals surface area contributed by atoms with Gasteiger partial charge in [0.1, 0.15) is 17.0 Å². The van der Waals surface area contributed by atoms with Gasteiger partial charge < -0.3 is 19.8 Å². The molecule has 0 saturated heterocycles. The average molecular weight is 463 g/mol. The summed E-state index contributed by atoms with van der Waals surface area (Å²) in [5.41, 5.74) is 3.95. The number of furan rings is 1. The van der Waals surface area contributed by atoms with E-state index in [0.29, 0.717) is 33.7 Å². The zero-order valence-electron chi connectivity index (χ0n) is 18.9. The number of amides is 2.